The van der Waals surface area contributed by atoms with Gasteiger partial charge in [-0.05, 0) is 39.4 Å². The first-order valence-electron chi connectivity index (χ1n) is 10.4. The van der Waals surface area contributed by atoms with Gasteiger partial charge in [0.1, 0.15) is 6.61 Å². The number of hydrogen-bond acceptors (Lipinski definition) is 3. The highest BCUT2D eigenvalue weighted by atomic mass is 16.5. The zero-order valence-electron chi connectivity index (χ0n) is 16.9. The van der Waals surface area contributed by atoms with Crippen LogP contribution in [0.1, 0.15) is 28.2 Å². The number of carbonyl (C=O) groups is 2. The third-order valence-electron chi connectivity index (χ3n) is 5.78. The minimum absolute atomic E-state index is 0.0213. The van der Waals surface area contributed by atoms with Crippen molar-refractivity contribution >= 4 is 23.8 Å². The molecule has 1 aliphatic carbocycles. The lowest BCUT2D eigenvalue weighted by Gasteiger charge is -2.14. The van der Waals surface area contributed by atoms with Crippen molar-refractivity contribution in [2.75, 3.05) is 18.5 Å². The summed E-state index contributed by atoms with van der Waals surface area (Å²) in [5.74, 6) is 0.0726. The highest BCUT2D eigenvalue weighted by Gasteiger charge is 2.28. The van der Waals surface area contributed by atoms with E-state index in [1.165, 1.54) is 22.3 Å². The van der Waals surface area contributed by atoms with E-state index in [1.807, 2.05) is 54.6 Å². The Morgan fingerprint density at radius 2 is 1.74 bits per heavy atom. The Balaban J connectivity index is 1.16. The van der Waals surface area contributed by atoms with Gasteiger partial charge in [0.2, 0.25) is 5.91 Å². The molecule has 5 rings (SSSR count). The molecule has 0 bridgehead atoms. The first kappa shape index (κ1) is 19.1. The van der Waals surface area contributed by atoms with Crippen LogP contribution >= 0.6 is 0 Å². The van der Waals surface area contributed by atoms with Crippen molar-refractivity contribution in [2.24, 2.45) is 0 Å². The quantitative estimate of drug-likeness (QED) is 0.639. The topological polar surface area (TPSA) is 67.4 Å². The molecule has 2 aliphatic rings. The van der Waals surface area contributed by atoms with Gasteiger partial charge in [0, 0.05) is 18.2 Å². The van der Waals surface area contributed by atoms with Crippen molar-refractivity contribution in [1.82, 2.24) is 5.32 Å². The summed E-state index contributed by atoms with van der Waals surface area (Å²) < 4.78 is 5.53. The van der Waals surface area contributed by atoms with E-state index in [0.717, 1.165) is 16.8 Å². The summed E-state index contributed by atoms with van der Waals surface area (Å²) in [5.41, 5.74) is 7.65. The van der Waals surface area contributed by atoms with Gasteiger partial charge < -0.3 is 15.4 Å². The van der Waals surface area contributed by atoms with Crippen molar-refractivity contribution in [3.63, 3.8) is 0 Å². The number of nitrogens with one attached hydrogen (secondary N) is 2. The molecule has 1 heterocycles. The summed E-state index contributed by atoms with van der Waals surface area (Å²) in [6.07, 6.45) is 3.77. The Morgan fingerprint density at radius 3 is 2.48 bits per heavy atom. The lowest BCUT2D eigenvalue weighted by molar-refractivity contribution is -0.115. The molecule has 0 atom stereocenters. The number of fused-ring (bicyclic) bond motifs is 4. The summed E-state index contributed by atoms with van der Waals surface area (Å²) in [5, 5.41) is 5.61. The van der Waals surface area contributed by atoms with Gasteiger partial charge in [0.15, 0.2) is 0 Å². The maximum absolute atomic E-state index is 12.2. The van der Waals surface area contributed by atoms with Gasteiger partial charge in [-0.25, -0.2) is 4.79 Å². The molecule has 5 nitrogen and oxygen atoms in total. The number of rotatable bonds is 5. The van der Waals surface area contributed by atoms with E-state index >= 15 is 0 Å². The van der Waals surface area contributed by atoms with Crippen molar-refractivity contribution < 1.29 is 14.3 Å². The molecule has 3 aromatic carbocycles. The smallest absolute Gasteiger partial charge is 0.407 e. The zero-order valence-corrected chi connectivity index (χ0v) is 16.9. The van der Waals surface area contributed by atoms with Crippen LogP contribution < -0.4 is 10.6 Å². The third kappa shape index (κ3) is 3.82. The Kier molecular flexibility index (Phi) is 5.00. The van der Waals surface area contributed by atoms with Crippen molar-refractivity contribution in [3.05, 3.63) is 95.1 Å². The SMILES string of the molecule is O=C1Cc2ccc(C=CCNC(=O)OCC3c4ccccc4-c4ccccc43)cc2N1. The molecule has 0 aromatic heterocycles. The van der Waals surface area contributed by atoms with Gasteiger partial charge in [0.25, 0.3) is 0 Å². The Hall–Kier alpha value is -3.86. The first-order valence-corrected chi connectivity index (χ1v) is 10.4. The van der Waals surface area contributed by atoms with E-state index in [0.29, 0.717) is 19.6 Å². The van der Waals surface area contributed by atoms with Crippen molar-refractivity contribution in [3.8, 4) is 11.1 Å². The van der Waals surface area contributed by atoms with Gasteiger partial charge in [-0.3, -0.25) is 4.79 Å². The molecule has 0 spiro atoms. The average Bonchev–Trinajstić information content (AvgIpc) is 3.32. The van der Waals surface area contributed by atoms with Crippen molar-refractivity contribution in [1.29, 1.82) is 0 Å². The zero-order chi connectivity index (χ0) is 21.2. The van der Waals surface area contributed by atoms with Crippen LogP contribution in [0.3, 0.4) is 0 Å². The van der Waals surface area contributed by atoms with E-state index in [-0.39, 0.29) is 11.8 Å². The maximum atomic E-state index is 12.2. The normalized spacial score (nSPS) is 14.1. The molecule has 154 valence electrons. The van der Waals surface area contributed by atoms with E-state index < -0.39 is 6.09 Å². The number of carbonyl (C=O) groups excluding carboxylic acids is 2. The number of alkyl carbamates (subject to hydrolysis) is 1. The number of benzene rings is 3. The summed E-state index contributed by atoms with van der Waals surface area (Å²) in [7, 11) is 0. The molecule has 1 aliphatic heterocycles. The van der Waals surface area contributed by atoms with Crippen LogP contribution in [0.25, 0.3) is 17.2 Å². The van der Waals surface area contributed by atoms with Crippen LogP contribution in [0.2, 0.25) is 0 Å². The molecule has 3 aromatic rings. The predicted octanol–water partition coefficient (Wildman–Crippen LogP) is 4.73. The van der Waals surface area contributed by atoms with Gasteiger partial charge in [-0.2, -0.15) is 0 Å². The van der Waals surface area contributed by atoms with Gasteiger partial charge in [-0.1, -0.05) is 72.8 Å². The summed E-state index contributed by atoms with van der Waals surface area (Å²) in [4.78, 5) is 23.7. The number of amides is 2. The molecule has 2 amide bonds. The summed E-state index contributed by atoms with van der Waals surface area (Å²) in [6, 6.07) is 22.4. The third-order valence-corrected chi connectivity index (χ3v) is 5.78. The van der Waals surface area contributed by atoms with Gasteiger partial charge >= 0.3 is 6.09 Å². The Labute approximate surface area is 180 Å². The van der Waals surface area contributed by atoms with E-state index in [9.17, 15) is 9.59 Å². The molecule has 5 heteroatoms. The highest BCUT2D eigenvalue weighted by Crippen LogP contribution is 2.44. The second-order valence-corrected chi connectivity index (χ2v) is 7.75. The molecular weight excluding hydrogens is 388 g/mol. The number of hydrogen-bond donors (Lipinski definition) is 2. The summed E-state index contributed by atoms with van der Waals surface area (Å²) in [6.45, 7) is 0.661. The molecular formula is C26H22N2O3. The second kappa shape index (κ2) is 8.11. The molecule has 2 N–H and O–H groups in total. The Morgan fingerprint density at radius 1 is 1.03 bits per heavy atom. The molecule has 0 unspecified atom stereocenters. The molecule has 0 fully saturated rings. The minimum Gasteiger partial charge on any atom is -0.449 e. The number of ether oxygens (including phenoxy) is 1. The average molecular weight is 410 g/mol. The van der Waals surface area contributed by atoms with Crippen molar-refractivity contribution in [2.45, 2.75) is 12.3 Å². The minimum atomic E-state index is -0.437. The van der Waals surface area contributed by atoms with E-state index in [4.69, 9.17) is 4.74 Å². The van der Waals surface area contributed by atoms with Gasteiger partial charge in [-0.15, -0.1) is 0 Å². The van der Waals surface area contributed by atoms with Crippen LogP contribution in [0.4, 0.5) is 10.5 Å². The summed E-state index contributed by atoms with van der Waals surface area (Å²) >= 11 is 0. The van der Waals surface area contributed by atoms with E-state index in [2.05, 4.69) is 34.9 Å². The molecule has 0 saturated carbocycles. The second-order valence-electron chi connectivity index (χ2n) is 7.75. The lowest BCUT2D eigenvalue weighted by atomic mass is 9.98. The van der Waals surface area contributed by atoms with Crippen LogP contribution in [-0.4, -0.2) is 25.2 Å². The maximum Gasteiger partial charge on any atom is 0.407 e. The highest BCUT2D eigenvalue weighted by molar-refractivity contribution is 5.99. The number of anilines is 1. The van der Waals surface area contributed by atoms with Crippen LogP contribution in [0, 0.1) is 0 Å². The van der Waals surface area contributed by atoms with Crippen LogP contribution in [0.15, 0.2) is 72.8 Å². The Bertz CT molecular complexity index is 1150. The van der Waals surface area contributed by atoms with E-state index in [1.54, 1.807) is 0 Å². The fourth-order valence-electron chi connectivity index (χ4n) is 4.32. The van der Waals surface area contributed by atoms with Gasteiger partial charge in [0.05, 0.1) is 6.42 Å². The molecule has 0 saturated heterocycles. The fourth-order valence-corrected chi connectivity index (χ4v) is 4.32. The predicted molar refractivity (Wildman–Crippen MR) is 121 cm³/mol. The fraction of sp³-hybridized carbons (Fsp3) is 0.154. The molecule has 31 heavy (non-hydrogen) atoms. The molecule has 0 radical (unpaired) electrons. The lowest BCUT2D eigenvalue weighted by Crippen LogP contribution is -2.26. The van der Waals surface area contributed by atoms with Crippen LogP contribution in [0.5, 0.6) is 0 Å². The largest absolute Gasteiger partial charge is 0.449 e. The standard InChI is InChI=1S/C26H22N2O3/c29-25-15-18-12-11-17(14-24(18)28-25)6-5-13-27-26(30)31-16-23-21-9-3-1-7-19(21)20-8-2-4-10-22(20)23/h1-12,14,23H,13,15-16H2,(H,27,30)(H,28,29). The first-order chi connectivity index (χ1) is 15.2. The van der Waals surface area contributed by atoms with Crippen LogP contribution in [-0.2, 0) is 16.0 Å². The monoisotopic (exact) mass is 410 g/mol.